The third kappa shape index (κ3) is 5.31. The fourth-order valence-electron chi connectivity index (χ4n) is 2.16. The van der Waals surface area contributed by atoms with Gasteiger partial charge in [0.05, 0.1) is 13.5 Å². The Morgan fingerprint density at radius 3 is 2.44 bits per heavy atom. The smallest absolute Gasteiger partial charge is 0.311 e. The van der Waals surface area contributed by atoms with Crippen molar-refractivity contribution in [1.82, 2.24) is 0 Å². The first-order valence-electron chi connectivity index (χ1n) is 7.78. The standard InChI is InChI=1S/C19H20FNO4/c1-12-4-7-15(8-5-12)21-19(23)13(2)25-18(22)11-14-6-9-17(24-3)16(20)10-14/h4-10,13H,11H2,1-3H3,(H,21,23)/t13-/m1/s1. The summed E-state index contributed by atoms with van der Waals surface area (Å²) >= 11 is 0. The molecule has 2 aromatic rings. The Hall–Kier alpha value is -2.89. The highest BCUT2D eigenvalue weighted by Crippen LogP contribution is 2.18. The van der Waals surface area contributed by atoms with Crippen molar-refractivity contribution in [3.8, 4) is 5.75 Å². The molecule has 0 aromatic heterocycles. The zero-order valence-corrected chi connectivity index (χ0v) is 14.3. The fourth-order valence-corrected chi connectivity index (χ4v) is 2.16. The molecule has 132 valence electrons. The van der Waals surface area contributed by atoms with Crippen LogP contribution in [0.4, 0.5) is 10.1 Å². The summed E-state index contributed by atoms with van der Waals surface area (Å²) in [5.41, 5.74) is 2.13. The van der Waals surface area contributed by atoms with Crippen LogP contribution in [0.1, 0.15) is 18.1 Å². The summed E-state index contributed by atoms with van der Waals surface area (Å²) in [5.74, 6) is -1.50. The molecule has 0 spiro atoms. The minimum absolute atomic E-state index is 0.1000. The number of aryl methyl sites for hydroxylation is 1. The lowest BCUT2D eigenvalue weighted by Crippen LogP contribution is -2.30. The van der Waals surface area contributed by atoms with Crippen LogP contribution in [0.5, 0.6) is 5.75 Å². The van der Waals surface area contributed by atoms with Gasteiger partial charge in [-0.15, -0.1) is 0 Å². The van der Waals surface area contributed by atoms with E-state index in [9.17, 15) is 14.0 Å². The number of halogens is 1. The molecule has 2 rings (SSSR count). The molecule has 0 aliphatic heterocycles. The zero-order valence-electron chi connectivity index (χ0n) is 14.3. The number of hydrogen-bond acceptors (Lipinski definition) is 4. The van der Waals surface area contributed by atoms with E-state index < -0.39 is 23.8 Å². The molecule has 0 bridgehead atoms. The number of esters is 1. The Morgan fingerprint density at radius 1 is 1.16 bits per heavy atom. The molecule has 6 heteroatoms. The highest BCUT2D eigenvalue weighted by atomic mass is 19.1. The monoisotopic (exact) mass is 345 g/mol. The third-order valence-electron chi connectivity index (χ3n) is 3.56. The van der Waals surface area contributed by atoms with Gasteiger partial charge in [0.1, 0.15) is 0 Å². The summed E-state index contributed by atoms with van der Waals surface area (Å²) in [5, 5.41) is 2.67. The first kappa shape index (κ1) is 18.4. The van der Waals surface area contributed by atoms with Crippen molar-refractivity contribution in [1.29, 1.82) is 0 Å². The quantitative estimate of drug-likeness (QED) is 0.816. The van der Waals surface area contributed by atoms with Crippen molar-refractivity contribution >= 4 is 17.6 Å². The molecular weight excluding hydrogens is 325 g/mol. The van der Waals surface area contributed by atoms with E-state index in [2.05, 4.69) is 5.32 Å². The summed E-state index contributed by atoms with van der Waals surface area (Å²) in [7, 11) is 1.36. The van der Waals surface area contributed by atoms with Crippen LogP contribution in [-0.4, -0.2) is 25.1 Å². The van der Waals surface area contributed by atoms with Gasteiger partial charge in [-0.1, -0.05) is 23.8 Å². The number of carbonyl (C=O) groups is 2. The zero-order chi connectivity index (χ0) is 18.4. The average molecular weight is 345 g/mol. The molecule has 1 atom stereocenters. The number of benzene rings is 2. The van der Waals surface area contributed by atoms with Gasteiger partial charge in [-0.2, -0.15) is 0 Å². The van der Waals surface area contributed by atoms with Crippen LogP contribution < -0.4 is 10.1 Å². The maximum atomic E-state index is 13.6. The van der Waals surface area contributed by atoms with Crippen LogP contribution in [0.15, 0.2) is 42.5 Å². The summed E-state index contributed by atoms with van der Waals surface area (Å²) in [6.45, 7) is 3.42. The lowest BCUT2D eigenvalue weighted by atomic mass is 10.1. The molecule has 0 radical (unpaired) electrons. The highest BCUT2D eigenvalue weighted by molar-refractivity contribution is 5.95. The van der Waals surface area contributed by atoms with Gasteiger partial charge >= 0.3 is 5.97 Å². The maximum Gasteiger partial charge on any atom is 0.311 e. The maximum absolute atomic E-state index is 13.6. The van der Waals surface area contributed by atoms with Crippen LogP contribution in [-0.2, 0) is 20.7 Å². The second kappa shape index (κ2) is 8.28. The predicted octanol–water partition coefficient (Wildman–Crippen LogP) is 3.26. The van der Waals surface area contributed by atoms with E-state index in [1.54, 1.807) is 18.2 Å². The van der Waals surface area contributed by atoms with Crippen LogP contribution >= 0.6 is 0 Å². The first-order chi connectivity index (χ1) is 11.9. The van der Waals surface area contributed by atoms with Gasteiger partial charge in [0.2, 0.25) is 0 Å². The second-order valence-electron chi connectivity index (χ2n) is 5.63. The molecule has 0 heterocycles. The van der Waals surface area contributed by atoms with Crippen LogP contribution in [0, 0.1) is 12.7 Å². The predicted molar refractivity (Wildman–Crippen MR) is 92.0 cm³/mol. The van der Waals surface area contributed by atoms with Gasteiger partial charge in [0.25, 0.3) is 5.91 Å². The minimum atomic E-state index is -0.961. The molecule has 0 aliphatic rings. The SMILES string of the molecule is COc1ccc(CC(=O)O[C@H](C)C(=O)Nc2ccc(C)cc2)cc1F. The van der Waals surface area contributed by atoms with Crippen molar-refractivity contribution in [2.45, 2.75) is 26.4 Å². The van der Waals surface area contributed by atoms with Crippen molar-refractivity contribution in [3.05, 3.63) is 59.4 Å². The van der Waals surface area contributed by atoms with E-state index in [0.717, 1.165) is 5.56 Å². The van der Waals surface area contributed by atoms with E-state index in [1.807, 2.05) is 19.1 Å². The molecule has 1 amide bonds. The van der Waals surface area contributed by atoms with Crippen LogP contribution in [0.25, 0.3) is 0 Å². The summed E-state index contributed by atoms with van der Waals surface area (Å²) in [6.07, 6.45) is -1.10. The van der Waals surface area contributed by atoms with Gasteiger partial charge in [0.15, 0.2) is 17.7 Å². The Labute approximate surface area is 145 Å². The molecule has 0 unspecified atom stereocenters. The summed E-state index contributed by atoms with van der Waals surface area (Å²) in [4.78, 5) is 24.0. The average Bonchev–Trinajstić information content (AvgIpc) is 2.57. The van der Waals surface area contributed by atoms with Crippen LogP contribution in [0.3, 0.4) is 0 Å². The van der Waals surface area contributed by atoms with Gasteiger partial charge in [-0.25, -0.2) is 4.39 Å². The highest BCUT2D eigenvalue weighted by Gasteiger charge is 2.18. The first-order valence-corrected chi connectivity index (χ1v) is 7.78. The molecule has 0 aliphatic carbocycles. The molecule has 0 fully saturated rings. The van der Waals surface area contributed by atoms with Crippen molar-refractivity contribution in [2.24, 2.45) is 0 Å². The summed E-state index contributed by atoms with van der Waals surface area (Å²) < 4.78 is 23.5. The van der Waals surface area contributed by atoms with E-state index >= 15 is 0 Å². The van der Waals surface area contributed by atoms with Crippen molar-refractivity contribution in [3.63, 3.8) is 0 Å². The number of rotatable bonds is 6. The number of ether oxygens (including phenoxy) is 2. The van der Waals surface area contributed by atoms with Gasteiger partial charge in [0, 0.05) is 5.69 Å². The van der Waals surface area contributed by atoms with Crippen molar-refractivity contribution < 1.29 is 23.5 Å². The molecule has 0 saturated carbocycles. The number of amides is 1. The van der Waals surface area contributed by atoms with Crippen LogP contribution in [0.2, 0.25) is 0 Å². The number of methoxy groups -OCH3 is 1. The van der Waals surface area contributed by atoms with Gasteiger partial charge in [-0.05, 0) is 43.7 Å². The van der Waals surface area contributed by atoms with E-state index in [1.165, 1.54) is 26.2 Å². The third-order valence-corrected chi connectivity index (χ3v) is 3.56. The fraction of sp³-hybridized carbons (Fsp3) is 0.263. The van der Waals surface area contributed by atoms with E-state index in [4.69, 9.17) is 9.47 Å². The topological polar surface area (TPSA) is 64.6 Å². The van der Waals surface area contributed by atoms with Gasteiger partial charge < -0.3 is 14.8 Å². The Morgan fingerprint density at radius 2 is 1.84 bits per heavy atom. The normalized spacial score (nSPS) is 11.5. The molecule has 1 N–H and O–H groups in total. The Kier molecular flexibility index (Phi) is 6.11. The molecular formula is C19H20FNO4. The molecule has 2 aromatic carbocycles. The van der Waals surface area contributed by atoms with E-state index in [0.29, 0.717) is 11.3 Å². The lowest BCUT2D eigenvalue weighted by molar-refractivity contribution is -0.152. The Balaban J connectivity index is 1.89. The largest absolute Gasteiger partial charge is 0.494 e. The lowest BCUT2D eigenvalue weighted by Gasteiger charge is -2.14. The number of hydrogen-bond donors (Lipinski definition) is 1. The number of nitrogens with one attached hydrogen (secondary N) is 1. The molecule has 25 heavy (non-hydrogen) atoms. The van der Waals surface area contributed by atoms with E-state index in [-0.39, 0.29) is 12.2 Å². The Bertz CT molecular complexity index is 759. The number of carbonyl (C=O) groups excluding carboxylic acids is 2. The minimum Gasteiger partial charge on any atom is -0.494 e. The summed E-state index contributed by atoms with van der Waals surface area (Å²) in [6, 6.07) is 11.5. The van der Waals surface area contributed by atoms with Crippen molar-refractivity contribution in [2.75, 3.05) is 12.4 Å². The number of anilines is 1. The second-order valence-corrected chi connectivity index (χ2v) is 5.63. The molecule has 5 nitrogen and oxygen atoms in total. The van der Waals surface area contributed by atoms with Gasteiger partial charge in [-0.3, -0.25) is 9.59 Å². The molecule has 0 saturated heterocycles.